The van der Waals surface area contributed by atoms with Crippen LogP contribution in [0.15, 0.2) is 108 Å². The van der Waals surface area contributed by atoms with Gasteiger partial charge in [0, 0.05) is 31.3 Å². The molecule has 2 aliphatic heterocycles. The van der Waals surface area contributed by atoms with Gasteiger partial charge in [-0.25, -0.2) is 0 Å². The predicted molar refractivity (Wildman–Crippen MR) is 163 cm³/mol. The van der Waals surface area contributed by atoms with Gasteiger partial charge < -0.3 is 9.64 Å². The molecular formula is C34H38N2O5S. The monoisotopic (exact) mass is 586 g/mol. The molecule has 220 valence electrons. The maximum absolute atomic E-state index is 13.8. The van der Waals surface area contributed by atoms with Crippen LogP contribution in [0.1, 0.15) is 55.1 Å². The quantitative estimate of drug-likeness (QED) is 0.164. The highest BCUT2D eigenvalue weighted by Crippen LogP contribution is 2.28. The van der Waals surface area contributed by atoms with E-state index in [0.29, 0.717) is 25.1 Å². The van der Waals surface area contributed by atoms with Gasteiger partial charge in [-0.15, -0.1) is 0 Å². The second kappa shape index (κ2) is 14.8. The van der Waals surface area contributed by atoms with Crippen LogP contribution in [0.25, 0.3) is 0 Å². The molecule has 0 radical (unpaired) electrons. The first kappa shape index (κ1) is 30.9. The Morgan fingerprint density at radius 1 is 0.881 bits per heavy atom. The van der Waals surface area contributed by atoms with Gasteiger partial charge in [0.1, 0.15) is 12.4 Å². The van der Waals surface area contributed by atoms with Crippen LogP contribution in [0.2, 0.25) is 0 Å². The maximum Gasteiger partial charge on any atom is 0.297 e. The van der Waals surface area contributed by atoms with E-state index in [0.717, 1.165) is 36.1 Å². The normalized spacial score (nSPS) is 15.7. The predicted octanol–water partition coefficient (Wildman–Crippen LogP) is 6.54. The van der Waals surface area contributed by atoms with Crippen molar-refractivity contribution in [3.8, 4) is 5.75 Å². The summed E-state index contributed by atoms with van der Waals surface area (Å²) in [5.74, 6) is 0.611. The fourth-order valence-corrected chi connectivity index (χ4v) is 5.95. The first-order valence-corrected chi connectivity index (χ1v) is 15.3. The SMILES string of the molecule is C.O=C(CCCCc1ccccc1)N(CCc1ccccn1)C1COS(=O)(=O)c2cccc(c2)COc2ccc1cc2. The van der Waals surface area contributed by atoms with Crippen molar-refractivity contribution in [3.63, 3.8) is 0 Å². The molecule has 0 fully saturated rings. The van der Waals surface area contributed by atoms with Gasteiger partial charge in [0.05, 0.1) is 17.5 Å². The molecule has 0 saturated carbocycles. The molecule has 0 N–H and O–H groups in total. The molecule has 0 saturated heterocycles. The molecule has 1 atom stereocenters. The molecule has 42 heavy (non-hydrogen) atoms. The Kier molecular flexibility index (Phi) is 10.9. The third-order valence-corrected chi connectivity index (χ3v) is 8.50. The lowest BCUT2D eigenvalue weighted by atomic mass is 10.0. The molecule has 0 spiro atoms. The van der Waals surface area contributed by atoms with Crippen molar-refractivity contribution in [2.75, 3.05) is 13.2 Å². The summed E-state index contributed by atoms with van der Waals surface area (Å²) in [4.78, 5) is 20.0. The zero-order chi connectivity index (χ0) is 28.5. The first-order chi connectivity index (χ1) is 20.0. The molecule has 3 heterocycles. The Bertz CT molecular complexity index is 1530. The van der Waals surface area contributed by atoms with Crippen LogP contribution in [0.4, 0.5) is 0 Å². The minimum Gasteiger partial charge on any atom is -0.489 e. The summed E-state index contributed by atoms with van der Waals surface area (Å²) in [6.07, 6.45) is 5.10. The lowest BCUT2D eigenvalue weighted by molar-refractivity contribution is -0.134. The lowest BCUT2D eigenvalue weighted by Gasteiger charge is -2.32. The highest BCUT2D eigenvalue weighted by atomic mass is 32.2. The molecule has 8 heteroatoms. The summed E-state index contributed by atoms with van der Waals surface area (Å²) in [5.41, 5.74) is 3.59. The average Bonchev–Trinajstić information content (AvgIpc) is 3.02. The van der Waals surface area contributed by atoms with Gasteiger partial charge in [0.2, 0.25) is 5.91 Å². The average molecular weight is 587 g/mol. The smallest absolute Gasteiger partial charge is 0.297 e. The molecule has 4 aromatic rings. The van der Waals surface area contributed by atoms with E-state index in [9.17, 15) is 13.2 Å². The molecule has 6 rings (SSSR count). The second-order valence-electron chi connectivity index (χ2n) is 10.1. The number of pyridine rings is 1. The van der Waals surface area contributed by atoms with Crippen LogP contribution in [-0.4, -0.2) is 37.4 Å². The van der Waals surface area contributed by atoms with Crippen molar-refractivity contribution in [2.24, 2.45) is 0 Å². The molecule has 1 amide bonds. The molecule has 7 nitrogen and oxygen atoms in total. The van der Waals surface area contributed by atoms with Crippen LogP contribution in [0.3, 0.4) is 0 Å². The molecule has 3 aromatic carbocycles. The van der Waals surface area contributed by atoms with E-state index in [4.69, 9.17) is 8.92 Å². The van der Waals surface area contributed by atoms with E-state index in [2.05, 4.69) is 17.1 Å². The topological polar surface area (TPSA) is 85.8 Å². The Labute approximate surface area is 249 Å². The van der Waals surface area contributed by atoms with Crippen LogP contribution in [0.5, 0.6) is 5.75 Å². The van der Waals surface area contributed by atoms with E-state index in [1.54, 1.807) is 23.2 Å². The van der Waals surface area contributed by atoms with Gasteiger partial charge in [0.25, 0.3) is 10.1 Å². The highest BCUT2D eigenvalue weighted by molar-refractivity contribution is 7.86. The zero-order valence-electron chi connectivity index (χ0n) is 22.9. The second-order valence-corrected chi connectivity index (χ2v) is 11.7. The summed E-state index contributed by atoms with van der Waals surface area (Å²) in [7, 11) is -4.06. The number of nitrogens with zero attached hydrogens (tertiary/aromatic N) is 2. The number of carbonyl (C=O) groups excluding carboxylic acids is 1. The Hall–Kier alpha value is -4.01. The molecule has 1 aromatic heterocycles. The fourth-order valence-electron chi connectivity index (χ4n) is 4.96. The van der Waals surface area contributed by atoms with Crippen LogP contribution >= 0.6 is 0 Å². The molecule has 1 unspecified atom stereocenters. The Morgan fingerprint density at radius 3 is 2.43 bits per heavy atom. The Morgan fingerprint density at radius 2 is 1.67 bits per heavy atom. The standard InChI is InChI=1S/C33H34N2O5S.CH4/c36-33(15-5-4-11-26-9-2-1-3-10-26)35(22-20-29-13-6-7-21-34-29)32-25-40-41(37,38)31-14-8-12-27(23-31)24-39-30-18-16-28(32)17-19-30;/h1-3,6-10,12-14,16-19,21,23,32H,4-5,11,15,20,22,24-25H2;1H4. The number of hydrogen-bond donors (Lipinski definition) is 0. The third kappa shape index (κ3) is 8.27. The minimum absolute atomic E-state index is 0. The number of amides is 1. The van der Waals surface area contributed by atoms with Gasteiger partial charge in [-0.3, -0.25) is 14.0 Å². The first-order valence-electron chi connectivity index (χ1n) is 13.9. The Balaban J connectivity index is 0.00000405. The maximum atomic E-state index is 13.8. The van der Waals surface area contributed by atoms with Gasteiger partial charge in [-0.05, 0) is 72.4 Å². The van der Waals surface area contributed by atoms with E-state index >= 15 is 0 Å². The summed E-state index contributed by atoms with van der Waals surface area (Å²) < 4.78 is 38.0. The van der Waals surface area contributed by atoms with Crippen molar-refractivity contribution in [2.45, 2.75) is 57.1 Å². The number of rotatable bonds is 9. The third-order valence-electron chi connectivity index (χ3n) is 7.22. The minimum atomic E-state index is -4.06. The highest BCUT2D eigenvalue weighted by Gasteiger charge is 2.28. The number of benzene rings is 3. The number of fused-ring (bicyclic) bond motifs is 6. The summed E-state index contributed by atoms with van der Waals surface area (Å²) >= 11 is 0. The van der Waals surface area contributed by atoms with Gasteiger partial charge in [0.15, 0.2) is 0 Å². The number of aryl methyl sites for hydroxylation is 1. The van der Waals surface area contributed by atoms with Crippen molar-refractivity contribution in [1.29, 1.82) is 0 Å². The number of carbonyl (C=O) groups is 1. The number of aromatic nitrogens is 1. The largest absolute Gasteiger partial charge is 0.489 e. The van der Waals surface area contributed by atoms with E-state index in [1.165, 1.54) is 11.6 Å². The summed E-state index contributed by atoms with van der Waals surface area (Å²) in [5, 5.41) is 0. The van der Waals surface area contributed by atoms with Gasteiger partial charge in [-0.2, -0.15) is 8.42 Å². The number of hydrogen-bond acceptors (Lipinski definition) is 6. The van der Waals surface area contributed by atoms with Crippen molar-refractivity contribution < 1.29 is 22.1 Å². The van der Waals surface area contributed by atoms with E-state index < -0.39 is 16.2 Å². The van der Waals surface area contributed by atoms with Crippen LogP contribution in [0, 0.1) is 0 Å². The molecule has 2 aliphatic rings. The van der Waals surface area contributed by atoms with Crippen molar-refractivity contribution in [1.82, 2.24) is 9.88 Å². The van der Waals surface area contributed by atoms with E-state index in [1.807, 2.05) is 66.7 Å². The fraction of sp³-hybridized carbons (Fsp3) is 0.294. The van der Waals surface area contributed by atoms with Crippen LogP contribution in [-0.2, 0) is 38.5 Å². The number of unbranched alkanes of at least 4 members (excludes halogenated alkanes) is 1. The molecule has 0 aliphatic carbocycles. The van der Waals surface area contributed by atoms with Crippen LogP contribution < -0.4 is 4.74 Å². The molecule has 4 bridgehead atoms. The summed E-state index contributed by atoms with van der Waals surface area (Å²) in [6.45, 7) is 0.394. The number of ether oxygens (including phenoxy) is 1. The molecular weight excluding hydrogens is 548 g/mol. The van der Waals surface area contributed by atoms with E-state index in [-0.39, 0.29) is 31.4 Å². The van der Waals surface area contributed by atoms with Crippen molar-refractivity contribution >= 4 is 16.0 Å². The zero-order valence-corrected chi connectivity index (χ0v) is 23.7. The summed E-state index contributed by atoms with van der Waals surface area (Å²) in [6, 6.07) is 29.3. The van der Waals surface area contributed by atoms with Crippen molar-refractivity contribution in [3.05, 3.63) is 126 Å². The van der Waals surface area contributed by atoms with Gasteiger partial charge in [-0.1, -0.05) is 68.1 Å². The lowest BCUT2D eigenvalue weighted by Crippen LogP contribution is -2.39. The van der Waals surface area contributed by atoms with Gasteiger partial charge >= 0.3 is 0 Å².